The average Bonchev–Trinajstić information content (AvgIpc) is 3.12. The van der Waals surface area contributed by atoms with Crippen LogP contribution in [0.5, 0.6) is 0 Å². The molecule has 1 fully saturated rings. The van der Waals surface area contributed by atoms with Gasteiger partial charge in [0, 0.05) is 18.0 Å². The third kappa shape index (κ3) is 3.67. The first-order valence-electron chi connectivity index (χ1n) is 7.31. The van der Waals surface area contributed by atoms with E-state index >= 15 is 0 Å². The summed E-state index contributed by atoms with van der Waals surface area (Å²) in [6.45, 7) is 2.41. The van der Waals surface area contributed by atoms with E-state index in [2.05, 4.69) is 9.97 Å². The number of hydrogen-bond acceptors (Lipinski definition) is 7. The van der Waals surface area contributed by atoms with Crippen molar-refractivity contribution >= 4 is 49.1 Å². The Morgan fingerprint density at radius 2 is 2.30 bits per heavy atom. The maximum absolute atomic E-state index is 12.5. The summed E-state index contributed by atoms with van der Waals surface area (Å²) in [6.07, 6.45) is 2.04. The Morgan fingerprint density at radius 3 is 3.00 bits per heavy atom. The predicted molar refractivity (Wildman–Crippen MR) is 92.6 cm³/mol. The van der Waals surface area contributed by atoms with E-state index in [0.29, 0.717) is 13.0 Å². The molecule has 6 nitrogen and oxygen atoms in total. The van der Waals surface area contributed by atoms with Crippen molar-refractivity contribution in [2.45, 2.75) is 24.4 Å². The van der Waals surface area contributed by atoms with Gasteiger partial charge in [-0.3, -0.25) is 4.79 Å². The number of hydrogen-bond donors (Lipinski definition) is 0. The molecule has 0 N–H and O–H groups in total. The van der Waals surface area contributed by atoms with Gasteiger partial charge >= 0.3 is 0 Å². The zero-order valence-corrected chi connectivity index (χ0v) is 15.1. The van der Waals surface area contributed by atoms with Gasteiger partial charge in [-0.05, 0) is 24.8 Å². The molecule has 3 heterocycles. The van der Waals surface area contributed by atoms with E-state index in [-0.39, 0.29) is 29.2 Å². The van der Waals surface area contributed by atoms with Crippen LogP contribution in [-0.4, -0.2) is 59.0 Å². The molecular formula is C14H17N3O3S3. The van der Waals surface area contributed by atoms with Crippen molar-refractivity contribution in [3.8, 4) is 0 Å². The maximum Gasteiger partial charge on any atom is 0.233 e. The molecule has 3 rings (SSSR count). The number of carbonyl (C=O) groups is 1. The first kappa shape index (κ1) is 16.7. The molecule has 1 amide bonds. The van der Waals surface area contributed by atoms with Crippen LogP contribution in [-0.2, 0) is 14.6 Å². The normalized spacial score (nSPS) is 20.0. The Bertz CT molecular complexity index is 819. The van der Waals surface area contributed by atoms with Crippen LogP contribution in [0, 0.1) is 0 Å². The Labute approximate surface area is 143 Å². The smallest absolute Gasteiger partial charge is 0.233 e. The van der Waals surface area contributed by atoms with Crippen molar-refractivity contribution in [2.24, 2.45) is 0 Å². The highest BCUT2D eigenvalue weighted by Crippen LogP contribution is 2.28. The molecule has 1 aliphatic rings. The zero-order valence-electron chi connectivity index (χ0n) is 12.6. The summed E-state index contributed by atoms with van der Waals surface area (Å²) in [4.78, 5) is 23.5. The molecule has 0 aromatic carbocycles. The Morgan fingerprint density at radius 1 is 1.48 bits per heavy atom. The van der Waals surface area contributed by atoms with E-state index in [1.54, 1.807) is 16.2 Å². The lowest BCUT2D eigenvalue weighted by atomic mass is 10.2. The largest absolute Gasteiger partial charge is 0.338 e. The number of sulfone groups is 1. The van der Waals surface area contributed by atoms with E-state index in [1.807, 2.05) is 18.4 Å². The van der Waals surface area contributed by atoms with Crippen molar-refractivity contribution in [2.75, 3.05) is 23.8 Å². The van der Waals surface area contributed by atoms with Crippen molar-refractivity contribution in [1.29, 1.82) is 0 Å². The van der Waals surface area contributed by atoms with E-state index in [1.165, 1.54) is 18.1 Å². The van der Waals surface area contributed by atoms with Gasteiger partial charge < -0.3 is 4.90 Å². The lowest BCUT2D eigenvalue weighted by Crippen LogP contribution is -2.41. The number of fused-ring (bicyclic) bond motifs is 1. The second kappa shape index (κ2) is 6.74. The topological polar surface area (TPSA) is 80.2 Å². The van der Waals surface area contributed by atoms with Gasteiger partial charge in [0.15, 0.2) is 9.84 Å². The van der Waals surface area contributed by atoms with Crippen LogP contribution in [0.2, 0.25) is 0 Å². The quantitative estimate of drug-likeness (QED) is 0.589. The van der Waals surface area contributed by atoms with Gasteiger partial charge in [0.25, 0.3) is 0 Å². The van der Waals surface area contributed by atoms with Crippen LogP contribution in [0.4, 0.5) is 0 Å². The van der Waals surface area contributed by atoms with Gasteiger partial charge in [-0.1, -0.05) is 11.8 Å². The Balaban J connectivity index is 1.67. The minimum atomic E-state index is -2.99. The number of nitrogens with zero attached hydrogens (tertiary/aromatic N) is 3. The molecule has 0 unspecified atom stereocenters. The number of thiophene rings is 1. The first-order valence-corrected chi connectivity index (χ1v) is 11.0. The zero-order chi connectivity index (χ0) is 16.4. The lowest BCUT2D eigenvalue weighted by molar-refractivity contribution is -0.129. The molecule has 0 aliphatic carbocycles. The van der Waals surface area contributed by atoms with Crippen LogP contribution in [0.3, 0.4) is 0 Å². The van der Waals surface area contributed by atoms with Gasteiger partial charge in [0.05, 0.1) is 17.3 Å². The molecule has 2 aromatic heterocycles. The Hall–Kier alpha value is -1.19. The second-order valence-corrected chi connectivity index (χ2v) is 9.43. The highest BCUT2D eigenvalue weighted by Gasteiger charge is 2.33. The summed E-state index contributed by atoms with van der Waals surface area (Å²) in [7, 11) is -2.99. The average molecular weight is 372 g/mol. The van der Waals surface area contributed by atoms with E-state index in [0.717, 1.165) is 15.2 Å². The molecule has 124 valence electrons. The molecule has 0 saturated carbocycles. The number of rotatable bonds is 5. The first-order chi connectivity index (χ1) is 11.0. The van der Waals surface area contributed by atoms with Crippen molar-refractivity contribution in [1.82, 2.24) is 14.9 Å². The molecular weight excluding hydrogens is 354 g/mol. The van der Waals surface area contributed by atoms with Crippen LogP contribution in [0.15, 0.2) is 22.8 Å². The van der Waals surface area contributed by atoms with Crippen molar-refractivity contribution in [3.05, 3.63) is 17.8 Å². The number of carbonyl (C=O) groups excluding carboxylic acids is 1. The van der Waals surface area contributed by atoms with Crippen LogP contribution >= 0.6 is 23.1 Å². The van der Waals surface area contributed by atoms with E-state index < -0.39 is 9.84 Å². The fourth-order valence-electron chi connectivity index (χ4n) is 2.75. The van der Waals surface area contributed by atoms with Crippen LogP contribution in [0.1, 0.15) is 13.3 Å². The fraction of sp³-hybridized carbons (Fsp3) is 0.500. The number of aromatic nitrogens is 2. The monoisotopic (exact) mass is 371 g/mol. The molecule has 0 bridgehead atoms. The standard InChI is InChI=1S/C14H17N3O3S3/c1-2-17(10-4-6-23(19,20)8-10)12(18)7-22-14-11-3-5-21-13(11)15-9-16-14/h3,5,9-10H,2,4,6-8H2,1H3/t10-/m1/s1. The molecule has 0 radical (unpaired) electrons. The molecule has 0 spiro atoms. The Kier molecular flexibility index (Phi) is 4.88. The van der Waals surface area contributed by atoms with Crippen LogP contribution < -0.4 is 0 Å². The minimum Gasteiger partial charge on any atom is -0.338 e. The number of thioether (sulfide) groups is 1. The van der Waals surface area contributed by atoms with E-state index in [4.69, 9.17) is 0 Å². The van der Waals surface area contributed by atoms with Gasteiger partial charge in [0.1, 0.15) is 16.2 Å². The summed E-state index contributed by atoms with van der Waals surface area (Å²) in [6, 6.07) is 1.76. The molecule has 9 heteroatoms. The second-order valence-electron chi connectivity index (χ2n) is 5.34. The predicted octanol–water partition coefficient (Wildman–Crippen LogP) is 1.82. The highest BCUT2D eigenvalue weighted by molar-refractivity contribution is 8.00. The molecule has 1 aliphatic heterocycles. The van der Waals surface area contributed by atoms with Gasteiger partial charge in [-0.2, -0.15) is 0 Å². The van der Waals surface area contributed by atoms with Crippen molar-refractivity contribution in [3.63, 3.8) is 0 Å². The van der Waals surface area contributed by atoms with Crippen molar-refractivity contribution < 1.29 is 13.2 Å². The van der Waals surface area contributed by atoms with Gasteiger partial charge in [-0.15, -0.1) is 11.3 Å². The summed E-state index contributed by atoms with van der Waals surface area (Å²) in [5, 5.41) is 3.70. The minimum absolute atomic E-state index is 0.0402. The summed E-state index contributed by atoms with van der Waals surface area (Å²) >= 11 is 2.92. The van der Waals surface area contributed by atoms with Gasteiger partial charge in [0.2, 0.25) is 5.91 Å². The fourth-order valence-corrected chi connectivity index (χ4v) is 6.15. The maximum atomic E-state index is 12.5. The SMILES string of the molecule is CCN(C(=O)CSc1ncnc2sccc12)[C@@H]1CCS(=O)(=O)C1. The molecule has 23 heavy (non-hydrogen) atoms. The molecule has 1 atom stereocenters. The number of amides is 1. The summed E-state index contributed by atoms with van der Waals surface area (Å²) < 4.78 is 23.2. The van der Waals surface area contributed by atoms with Gasteiger partial charge in [-0.25, -0.2) is 18.4 Å². The highest BCUT2D eigenvalue weighted by atomic mass is 32.2. The molecule has 2 aromatic rings. The molecule has 1 saturated heterocycles. The third-order valence-corrected chi connectivity index (χ3v) is 7.43. The van der Waals surface area contributed by atoms with Crippen LogP contribution in [0.25, 0.3) is 10.2 Å². The lowest BCUT2D eigenvalue weighted by Gasteiger charge is -2.26. The third-order valence-electron chi connectivity index (χ3n) is 3.87. The van der Waals surface area contributed by atoms with E-state index in [9.17, 15) is 13.2 Å². The summed E-state index contributed by atoms with van der Waals surface area (Å²) in [5.41, 5.74) is 0. The summed E-state index contributed by atoms with van der Waals surface area (Å²) in [5.74, 6) is 0.476.